The van der Waals surface area contributed by atoms with E-state index >= 15 is 0 Å². The number of aromatic amines is 1. The Morgan fingerprint density at radius 2 is 2.28 bits per heavy atom. The zero-order valence-corrected chi connectivity index (χ0v) is 10.0. The Bertz CT molecular complexity index is 511. The van der Waals surface area contributed by atoms with Crippen molar-refractivity contribution in [3.63, 3.8) is 0 Å². The molecule has 0 saturated heterocycles. The molecule has 2 aromatic rings. The van der Waals surface area contributed by atoms with E-state index in [1.807, 2.05) is 25.1 Å². The van der Waals surface area contributed by atoms with E-state index in [0.717, 1.165) is 6.42 Å². The molecule has 1 aromatic heterocycles. The topological polar surface area (TPSA) is 79.9 Å². The van der Waals surface area contributed by atoms with Gasteiger partial charge in [-0.1, -0.05) is 19.1 Å². The minimum Gasteiger partial charge on any atom is -0.491 e. The van der Waals surface area contributed by atoms with Gasteiger partial charge in [-0.15, -0.1) is 0 Å². The lowest BCUT2D eigenvalue weighted by molar-refractivity contribution is 0.101. The number of amides is 1. The van der Waals surface area contributed by atoms with E-state index in [2.05, 4.69) is 20.5 Å². The first-order valence-corrected chi connectivity index (χ1v) is 5.69. The number of rotatable bonds is 5. The van der Waals surface area contributed by atoms with Crippen LogP contribution in [0.15, 0.2) is 30.6 Å². The monoisotopic (exact) mass is 246 g/mol. The number of para-hydroxylation sites is 2. The van der Waals surface area contributed by atoms with Crippen LogP contribution in [0.2, 0.25) is 0 Å². The molecule has 0 aliphatic rings. The van der Waals surface area contributed by atoms with E-state index in [1.54, 1.807) is 6.07 Å². The van der Waals surface area contributed by atoms with Crippen molar-refractivity contribution in [2.45, 2.75) is 13.3 Å². The number of nitrogens with one attached hydrogen (secondary N) is 2. The smallest absolute Gasteiger partial charge is 0.293 e. The number of aromatic nitrogens is 3. The maximum absolute atomic E-state index is 11.8. The van der Waals surface area contributed by atoms with E-state index in [1.165, 1.54) is 6.33 Å². The number of ether oxygens (including phenoxy) is 1. The van der Waals surface area contributed by atoms with Crippen molar-refractivity contribution in [2.75, 3.05) is 11.9 Å². The molecule has 1 aromatic carbocycles. The van der Waals surface area contributed by atoms with E-state index in [4.69, 9.17) is 4.74 Å². The highest BCUT2D eigenvalue weighted by Gasteiger charge is 2.11. The van der Waals surface area contributed by atoms with Gasteiger partial charge in [0.2, 0.25) is 5.82 Å². The number of H-pyrrole nitrogens is 1. The molecule has 0 radical (unpaired) electrons. The third-order valence-electron chi connectivity index (χ3n) is 2.23. The zero-order chi connectivity index (χ0) is 12.8. The van der Waals surface area contributed by atoms with Gasteiger partial charge in [0.1, 0.15) is 12.1 Å². The summed E-state index contributed by atoms with van der Waals surface area (Å²) in [5.74, 6) is 0.465. The molecular weight excluding hydrogens is 232 g/mol. The fourth-order valence-electron chi connectivity index (χ4n) is 1.40. The van der Waals surface area contributed by atoms with Gasteiger partial charge in [0.15, 0.2) is 0 Å². The molecule has 0 fully saturated rings. The van der Waals surface area contributed by atoms with Gasteiger partial charge in [0.05, 0.1) is 12.3 Å². The summed E-state index contributed by atoms with van der Waals surface area (Å²) in [4.78, 5) is 15.6. The normalized spacial score (nSPS) is 10.1. The average molecular weight is 246 g/mol. The first-order chi connectivity index (χ1) is 8.81. The lowest BCUT2D eigenvalue weighted by Gasteiger charge is -2.10. The van der Waals surface area contributed by atoms with Crippen LogP contribution in [0.5, 0.6) is 5.75 Å². The molecular formula is C12H14N4O2. The fraction of sp³-hybridized carbons (Fsp3) is 0.250. The molecule has 18 heavy (non-hydrogen) atoms. The van der Waals surface area contributed by atoms with E-state index in [9.17, 15) is 4.79 Å². The van der Waals surface area contributed by atoms with Crippen molar-refractivity contribution in [1.82, 2.24) is 15.2 Å². The Morgan fingerprint density at radius 3 is 3.00 bits per heavy atom. The van der Waals surface area contributed by atoms with Gasteiger partial charge in [0.25, 0.3) is 5.91 Å². The van der Waals surface area contributed by atoms with Crippen molar-refractivity contribution < 1.29 is 9.53 Å². The maximum atomic E-state index is 11.8. The second-order valence-corrected chi connectivity index (χ2v) is 3.63. The number of benzene rings is 1. The molecule has 2 N–H and O–H groups in total. The molecule has 2 rings (SSSR count). The van der Waals surface area contributed by atoms with Gasteiger partial charge in [-0.25, -0.2) is 4.98 Å². The highest BCUT2D eigenvalue weighted by molar-refractivity contribution is 6.02. The van der Waals surface area contributed by atoms with Crippen molar-refractivity contribution >= 4 is 11.6 Å². The van der Waals surface area contributed by atoms with Crippen LogP contribution in [0.25, 0.3) is 0 Å². The van der Waals surface area contributed by atoms with E-state index in [-0.39, 0.29) is 11.7 Å². The van der Waals surface area contributed by atoms with Gasteiger partial charge < -0.3 is 10.1 Å². The van der Waals surface area contributed by atoms with Crippen LogP contribution >= 0.6 is 0 Å². The van der Waals surface area contributed by atoms with Crippen LogP contribution in [-0.2, 0) is 0 Å². The number of anilines is 1. The van der Waals surface area contributed by atoms with Gasteiger partial charge >= 0.3 is 0 Å². The minimum atomic E-state index is -0.347. The van der Waals surface area contributed by atoms with Gasteiger partial charge in [-0.05, 0) is 18.6 Å². The van der Waals surface area contributed by atoms with Crippen LogP contribution < -0.4 is 10.1 Å². The maximum Gasteiger partial charge on any atom is 0.293 e. The Labute approximate surface area is 104 Å². The third kappa shape index (κ3) is 2.85. The number of hydrogen-bond acceptors (Lipinski definition) is 4. The van der Waals surface area contributed by atoms with E-state index < -0.39 is 0 Å². The molecule has 0 aliphatic heterocycles. The Hall–Kier alpha value is -2.37. The molecule has 6 heteroatoms. The third-order valence-corrected chi connectivity index (χ3v) is 2.23. The summed E-state index contributed by atoms with van der Waals surface area (Å²) >= 11 is 0. The molecule has 0 saturated carbocycles. The lowest BCUT2D eigenvalue weighted by Crippen LogP contribution is -2.14. The summed E-state index contributed by atoms with van der Waals surface area (Å²) < 4.78 is 5.54. The number of carbonyl (C=O) groups excluding carboxylic acids is 1. The van der Waals surface area contributed by atoms with Crippen molar-refractivity contribution in [3.05, 3.63) is 36.4 Å². The number of hydrogen-bond donors (Lipinski definition) is 2. The molecule has 1 amide bonds. The lowest BCUT2D eigenvalue weighted by atomic mass is 10.3. The summed E-state index contributed by atoms with van der Waals surface area (Å²) in [6.07, 6.45) is 2.19. The summed E-state index contributed by atoms with van der Waals surface area (Å²) in [5, 5.41) is 8.86. The van der Waals surface area contributed by atoms with Crippen molar-refractivity contribution in [3.8, 4) is 5.75 Å². The molecule has 0 atom stereocenters. The molecule has 0 unspecified atom stereocenters. The average Bonchev–Trinajstić information content (AvgIpc) is 2.91. The van der Waals surface area contributed by atoms with E-state index in [0.29, 0.717) is 18.0 Å². The van der Waals surface area contributed by atoms with Crippen LogP contribution in [0.3, 0.4) is 0 Å². The molecule has 6 nitrogen and oxygen atoms in total. The highest BCUT2D eigenvalue weighted by atomic mass is 16.5. The first kappa shape index (κ1) is 12.1. The van der Waals surface area contributed by atoms with Crippen LogP contribution in [0.1, 0.15) is 24.0 Å². The Morgan fingerprint density at radius 1 is 1.44 bits per heavy atom. The predicted octanol–water partition coefficient (Wildman–Crippen LogP) is 1.85. The van der Waals surface area contributed by atoms with Crippen LogP contribution in [-0.4, -0.2) is 27.7 Å². The highest BCUT2D eigenvalue weighted by Crippen LogP contribution is 2.24. The second kappa shape index (κ2) is 5.81. The standard InChI is InChI=1S/C12H14N4O2/c1-2-7-18-10-6-4-3-5-9(10)15-12(17)11-13-8-14-16-11/h3-6,8H,2,7H2,1H3,(H,15,17)(H,13,14,16). The van der Waals surface area contributed by atoms with Crippen LogP contribution in [0.4, 0.5) is 5.69 Å². The number of carbonyl (C=O) groups is 1. The first-order valence-electron chi connectivity index (χ1n) is 5.69. The SMILES string of the molecule is CCCOc1ccccc1NC(=O)c1ncn[nH]1. The fourth-order valence-corrected chi connectivity index (χ4v) is 1.40. The molecule has 0 spiro atoms. The summed E-state index contributed by atoms with van der Waals surface area (Å²) in [7, 11) is 0. The minimum absolute atomic E-state index is 0.167. The summed E-state index contributed by atoms with van der Waals surface area (Å²) in [6, 6.07) is 7.27. The molecule has 0 aliphatic carbocycles. The second-order valence-electron chi connectivity index (χ2n) is 3.63. The van der Waals surface area contributed by atoms with Crippen molar-refractivity contribution in [1.29, 1.82) is 0 Å². The molecule has 1 heterocycles. The Balaban J connectivity index is 2.11. The largest absolute Gasteiger partial charge is 0.491 e. The quantitative estimate of drug-likeness (QED) is 0.843. The van der Waals surface area contributed by atoms with Crippen molar-refractivity contribution in [2.24, 2.45) is 0 Å². The predicted molar refractivity (Wildman–Crippen MR) is 66.6 cm³/mol. The molecule has 94 valence electrons. The Kier molecular flexibility index (Phi) is 3.90. The summed E-state index contributed by atoms with van der Waals surface area (Å²) in [6.45, 7) is 2.63. The van der Waals surface area contributed by atoms with Gasteiger partial charge in [0, 0.05) is 0 Å². The molecule has 0 bridgehead atoms. The number of nitrogens with zero attached hydrogens (tertiary/aromatic N) is 2. The van der Waals surface area contributed by atoms with Gasteiger partial charge in [-0.2, -0.15) is 5.10 Å². The van der Waals surface area contributed by atoms with Crippen LogP contribution in [0, 0.1) is 0 Å². The van der Waals surface area contributed by atoms with Gasteiger partial charge in [-0.3, -0.25) is 9.89 Å². The summed E-state index contributed by atoms with van der Waals surface area (Å²) in [5.41, 5.74) is 0.618. The zero-order valence-electron chi connectivity index (χ0n) is 10.0.